The minimum absolute atomic E-state index is 0.0140. The predicted octanol–water partition coefficient (Wildman–Crippen LogP) is 3.99. The van der Waals surface area contributed by atoms with E-state index in [0.29, 0.717) is 16.5 Å². The number of pyridine rings is 1. The zero-order valence-corrected chi connectivity index (χ0v) is 16.7. The topological polar surface area (TPSA) is 84.2 Å². The van der Waals surface area contributed by atoms with Gasteiger partial charge in [-0.25, -0.2) is 4.98 Å². The van der Waals surface area contributed by atoms with Crippen LogP contribution < -0.4 is 5.32 Å². The lowest BCUT2D eigenvalue weighted by molar-refractivity contribution is -0.136. The van der Waals surface area contributed by atoms with Crippen LogP contribution >= 0.6 is 0 Å². The Kier molecular flexibility index (Phi) is 4.87. The Labute approximate surface area is 170 Å². The Hall–Kier alpha value is -3.17. The predicted molar refractivity (Wildman–Crippen MR) is 104 cm³/mol. The van der Waals surface area contributed by atoms with E-state index in [9.17, 15) is 18.0 Å². The van der Waals surface area contributed by atoms with Crippen LogP contribution in [0.25, 0.3) is 22.5 Å². The fourth-order valence-corrected chi connectivity index (χ4v) is 3.20. The molecule has 0 atom stereocenters. The fourth-order valence-electron chi connectivity index (χ4n) is 3.20. The first-order valence-corrected chi connectivity index (χ1v) is 9.44. The Morgan fingerprint density at radius 1 is 1.23 bits per heavy atom. The van der Waals surface area contributed by atoms with Crippen LogP contribution in [0.4, 0.5) is 19.2 Å². The number of hydrogen-bond acceptors (Lipinski definition) is 6. The molecule has 4 rings (SSSR count). The summed E-state index contributed by atoms with van der Waals surface area (Å²) in [6.45, 7) is 1.68. The highest BCUT2D eigenvalue weighted by atomic mass is 19.4. The summed E-state index contributed by atoms with van der Waals surface area (Å²) in [4.78, 5) is 17.3. The second-order valence-electron chi connectivity index (χ2n) is 7.62. The van der Waals surface area contributed by atoms with E-state index in [-0.39, 0.29) is 41.5 Å². The van der Waals surface area contributed by atoms with Gasteiger partial charge < -0.3 is 14.6 Å². The molecule has 2 heterocycles. The monoisotopic (exact) mass is 419 g/mol. The number of aromatic nitrogens is 3. The standard InChI is InChI=1S/C20H20F3N5O2/c1-10-6-15(18-26-27-19(30-18)24-9-16(29)28(2)3)25-17-13(10)7-12(11-4-5-11)8-14(17)20(21,22)23/h6-8,11H,4-5,9H2,1-3H3,(H,24,27). The summed E-state index contributed by atoms with van der Waals surface area (Å²) in [7, 11) is 3.22. The molecule has 1 fully saturated rings. The molecule has 1 aliphatic carbocycles. The zero-order valence-electron chi connectivity index (χ0n) is 16.7. The summed E-state index contributed by atoms with van der Waals surface area (Å²) in [5.41, 5.74) is 0.573. The lowest BCUT2D eigenvalue weighted by atomic mass is 9.98. The first-order valence-electron chi connectivity index (χ1n) is 9.44. The normalized spacial score (nSPS) is 14.2. The summed E-state index contributed by atoms with van der Waals surface area (Å²) in [5, 5.41) is 10.8. The Bertz CT molecular complexity index is 1120. The van der Waals surface area contributed by atoms with Crippen LogP contribution in [0.3, 0.4) is 0 Å². The second-order valence-corrected chi connectivity index (χ2v) is 7.62. The quantitative estimate of drug-likeness (QED) is 0.673. The largest absolute Gasteiger partial charge is 0.418 e. The van der Waals surface area contributed by atoms with Crippen molar-refractivity contribution in [3.63, 3.8) is 0 Å². The van der Waals surface area contributed by atoms with E-state index in [0.717, 1.165) is 12.8 Å². The lowest BCUT2D eigenvalue weighted by Crippen LogP contribution is -2.28. The summed E-state index contributed by atoms with van der Waals surface area (Å²) in [6, 6.07) is 4.60. The average molecular weight is 419 g/mol. The smallest absolute Gasteiger partial charge is 0.402 e. The van der Waals surface area contributed by atoms with Crippen LogP contribution in [0.5, 0.6) is 0 Å². The molecule has 0 bridgehead atoms. The van der Waals surface area contributed by atoms with Crippen molar-refractivity contribution in [3.05, 3.63) is 34.9 Å². The summed E-state index contributed by atoms with van der Waals surface area (Å²) >= 11 is 0. The number of hydrogen-bond donors (Lipinski definition) is 1. The minimum Gasteiger partial charge on any atom is -0.402 e. The molecule has 7 nitrogen and oxygen atoms in total. The first kappa shape index (κ1) is 20.1. The summed E-state index contributed by atoms with van der Waals surface area (Å²) < 4.78 is 46.7. The van der Waals surface area contributed by atoms with Crippen molar-refractivity contribution in [1.82, 2.24) is 20.1 Å². The lowest BCUT2D eigenvalue weighted by Gasteiger charge is -2.14. The molecule has 0 radical (unpaired) electrons. The molecule has 1 N–H and O–H groups in total. The highest BCUT2D eigenvalue weighted by Crippen LogP contribution is 2.45. The van der Waals surface area contributed by atoms with Crippen molar-refractivity contribution < 1.29 is 22.4 Å². The maximum atomic E-state index is 13.8. The molecule has 1 amide bonds. The van der Waals surface area contributed by atoms with Crippen LogP contribution in [0.1, 0.15) is 35.4 Å². The minimum atomic E-state index is -4.53. The van der Waals surface area contributed by atoms with Gasteiger partial charge in [-0.05, 0) is 55.0 Å². The molecule has 158 valence electrons. The van der Waals surface area contributed by atoms with Gasteiger partial charge in [-0.3, -0.25) is 4.79 Å². The average Bonchev–Trinajstić information content (AvgIpc) is 3.42. The molecule has 1 saturated carbocycles. The number of anilines is 1. The van der Waals surface area contributed by atoms with Gasteiger partial charge >= 0.3 is 12.2 Å². The van der Waals surface area contributed by atoms with Gasteiger partial charge in [-0.2, -0.15) is 13.2 Å². The van der Waals surface area contributed by atoms with E-state index < -0.39 is 11.7 Å². The molecule has 0 aliphatic heterocycles. The fraction of sp³-hybridized carbons (Fsp3) is 0.400. The Morgan fingerprint density at radius 2 is 1.97 bits per heavy atom. The first-order chi connectivity index (χ1) is 14.1. The number of halogens is 3. The molecule has 0 unspecified atom stereocenters. The van der Waals surface area contributed by atoms with Gasteiger partial charge in [0.25, 0.3) is 5.89 Å². The third kappa shape index (κ3) is 3.94. The van der Waals surface area contributed by atoms with Gasteiger partial charge in [0, 0.05) is 19.5 Å². The number of rotatable bonds is 5. The van der Waals surface area contributed by atoms with Crippen LogP contribution in [-0.2, 0) is 11.0 Å². The number of alkyl halides is 3. The van der Waals surface area contributed by atoms with E-state index in [2.05, 4.69) is 20.5 Å². The van der Waals surface area contributed by atoms with E-state index in [1.165, 1.54) is 11.0 Å². The van der Waals surface area contributed by atoms with Crippen LogP contribution in [0.2, 0.25) is 0 Å². The molecule has 30 heavy (non-hydrogen) atoms. The molecule has 2 aromatic heterocycles. The van der Waals surface area contributed by atoms with E-state index in [4.69, 9.17) is 4.42 Å². The van der Waals surface area contributed by atoms with Gasteiger partial charge in [0.15, 0.2) is 0 Å². The number of carbonyl (C=O) groups is 1. The number of fused-ring (bicyclic) bond motifs is 1. The van der Waals surface area contributed by atoms with Gasteiger partial charge in [0.05, 0.1) is 17.6 Å². The number of aryl methyl sites for hydroxylation is 1. The highest BCUT2D eigenvalue weighted by Gasteiger charge is 2.36. The Morgan fingerprint density at radius 3 is 2.60 bits per heavy atom. The van der Waals surface area contributed by atoms with Gasteiger partial charge in [0.1, 0.15) is 5.69 Å². The maximum absolute atomic E-state index is 13.8. The van der Waals surface area contributed by atoms with Crippen molar-refractivity contribution >= 4 is 22.8 Å². The van der Waals surface area contributed by atoms with Gasteiger partial charge in [0.2, 0.25) is 5.91 Å². The van der Waals surface area contributed by atoms with Crippen molar-refractivity contribution in [3.8, 4) is 11.6 Å². The molecule has 3 aromatic rings. The Balaban J connectivity index is 1.72. The number of carbonyl (C=O) groups excluding carboxylic acids is 1. The summed E-state index contributed by atoms with van der Waals surface area (Å²) in [5.74, 6) is -0.0427. The number of likely N-dealkylation sites (N-methyl/N-ethyl adjacent to an activating group) is 1. The van der Waals surface area contributed by atoms with E-state index in [1.54, 1.807) is 33.2 Å². The molecule has 0 spiro atoms. The van der Waals surface area contributed by atoms with Gasteiger partial charge in [-0.15, -0.1) is 5.10 Å². The molecule has 1 aliphatic rings. The van der Waals surface area contributed by atoms with E-state index in [1.807, 2.05) is 0 Å². The number of benzene rings is 1. The zero-order chi connectivity index (χ0) is 21.6. The molecular weight excluding hydrogens is 399 g/mol. The molecule has 0 saturated heterocycles. The van der Waals surface area contributed by atoms with Crippen molar-refractivity contribution in [1.29, 1.82) is 0 Å². The molecule has 10 heteroatoms. The number of nitrogens with zero attached hydrogens (tertiary/aromatic N) is 4. The van der Waals surface area contributed by atoms with Crippen molar-refractivity contribution in [2.45, 2.75) is 31.9 Å². The molecule has 1 aromatic carbocycles. The number of nitrogens with one attached hydrogen (secondary N) is 1. The SMILES string of the molecule is Cc1cc(-c2nnc(NCC(=O)N(C)C)o2)nc2c(C(F)(F)F)cc(C3CC3)cc12. The van der Waals surface area contributed by atoms with Crippen LogP contribution in [-0.4, -0.2) is 46.6 Å². The van der Waals surface area contributed by atoms with Crippen molar-refractivity contribution in [2.75, 3.05) is 26.0 Å². The third-order valence-corrected chi connectivity index (χ3v) is 5.03. The highest BCUT2D eigenvalue weighted by molar-refractivity contribution is 5.88. The summed E-state index contributed by atoms with van der Waals surface area (Å²) in [6.07, 6.45) is -2.72. The number of amides is 1. The van der Waals surface area contributed by atoms with Crippen molar-refractivity contribution in [2.24, 2.45) is 0 Å². The van der Waals surface area contributed by atoms with Crippen LogP contribution in [0.15, 0.2) is 22.6 Å². The van der Waals surface area contributed by atoms with E-state index >= 15 is 0 Å². The van der Waals surface area contributed by atoms with Crippen LogP contribution in [0, 0.1) is 6.92 Å². The third-order valence-electron chi connectivity index (χ3n) is 5.03. The maximum Gasteiger partial charge on any atom is 0.418 e. The van der Waals surface area contributed by atoms with Gasteiger partial charge in [-0.1, -0.05) is 5.10 Å². The second kappa shape index (κ2) is 7.26. The molecular formula is C20H20F3N5O2.